The fourth-order valence-corrected chi connectivity index (χ4v) is 5.25. The van der Waals surface area contributed by atoms with Gasteiger partial charge >= 0.3 is 0 Å². The molecule has 4 rings (SSSR count). The highest BCUT2D eigenvalue weighted by atomic mass is 32.2. The van der Waals surface area contributed by atoms with E-state index < -0.39 is 5.92 Å². The van der Waals surface area contributed by atoms with Crippen LogP contribution in [-0.2, 0) is 14.4 Å². The zero-order valence-corrected chi connectivity index (χ0v) is 17.7. The van der Waals surface area contributed by atoms with Crippen LogP contribution in [0.15, 0.2) is 24.3 Å². The zero-order chi connectivity index (χ0) is 21.3. The number of hydrogen-bond donors (Lipinski definition) is 1. The molecule has 3 fully saturated rings. The minimum Gasteiger partial charge on any atom is -0.497 e. The van der Waals surface area contributed by atoms with Gasteiger partial charge in [-0.25, -0.2) is 0 Å². The average molecular weight is 432 g/mol. The predicted molar refractivity (Wildman–Crippen MR) is 112 cm³/mol. The van der Waals surface area contributed by atoms with E-state index in [0.717, 1.165) is 31.0 Å². The van der Waals surface area contributed by atoms with E-state index >= 15 is 0 Å². The Morgan fingerprint density at radius 1 is 1.17 bits per heavy atom. The molecule has 0 spiro atoms. The number of methoxy groups -OCH3 is 1. The third-order valence-electron chi connectivity index (χ3n) is 6.03. The summed E-state index contributed by atoms with van der Waals surface area (Å²) in [5.74, 6) is -0.136. The first-order chi connectivity index (χ1) is 14.5. The first-order valence-electron chi connectivity index (χ1n) is 10.2. The molecular weight excluding hydrogens is 406 g/mol. The number of carbonyl (C=O) groups is 4. The van der Waals surface area contributed by atoms with E-state index in [-0.39, 0.29) is 47.2 Å². The Hall–Kier alpha value is -2.55. The highest BCUT2D eigenvalue weighted by Crippen LogP contribution is 2.31. The number of ether oxygens (including phenoxy) is 1. The second-order valence-electron chi connectivity index (χ2n) is 7.89. The second kappa shape index (κ2) is 8.67. The molecule has 1 N–H and O–H groups in total. The molecule has 3 atom stereocenters. The van der Waals surface area contributed by atoms with Gasteiger partial charge in [0.2, 0.25) is 17.7 Å². The Morgan fingerprint density at radius 2 is 1.97 bits per heavy atom. The van der Waals surface area contributed by atoms with Gasteiger partial charge in [-0.2, -0.15) is 0 Å². The zero-order valence-electron chi connectivity index (χ0n) is 16.8. The van der Waals surface area contributed by atoms with Gasteiger partial charge in [0.25, 0.3) is 5.24 Å². The quantitative estimate of drug-likeness (QED) is 0.768. The number of hydrogen-bond acceptors (Lipinski definition) is 6. The van der Waals surface area contributed by atoms with Gasteiger partial charge in [-0.3, -0.25) is 24.1 Å². The van der Waals surface area contributed by atoms with Gasteiger partial charge in [-0.1, -0.05) is 30.7 Å². The number of benzene rings is 1. The van der Waals surface area contributed by atoms with Crippen molar-refractivity contribution in [1.82, 2.24) is 10.2 Å². The highest BCUT2D eigenvalue weighted by Gasteiger charge is 2.42. The van der Waals surface area contributed by atoms with Crippen molar-refractivity contribution in [3.8, 4) is 5.75 Å². The van der Waals surface area contributed by atoms with Crippen molar-refractivity contribution in [2.45, 2.75) is 44.2 Å². The van der Waals surface area contributed by atoms with E-state index in [1.807, 2.05) is 12.1 Å². The van der Waals surface area contributed by atoms with Crippen molar-refractivity contribution in [1.29, 1.82) is 0 Å². The number of amides is 4. The molecule has 160 valence electrons. The Labute approximate surface area is 179 Å². The first-order valence-corrected chi connectivity index (χ1v) is 11.2. The van der Waals surface area contributed by atoms with Crippen LogP contribution in [-0.4, -0.2) is 59.4 Å². The lowest BCUT2D eigenvalue weighted by atomic mass is 9.88. The molecule has 2 heterocycles. The molecule has 0 aromatic heterocycles. The van der Waals surface area contributed by atoms with Gasteiger partial charge in [0, 0.05) is 30.8 Å². The molecule has 3 unspecified atom stereocenters. The Morgan fingerprint density at radius 3 is 2.70 bits per heavy atom. The van der Waals surface area contributed by atoms with E-state index in [1.54, 1.807) is 24.1 Å². The fraction of sp³-hybridized carbons (Fsp3) is 0.524. The smallest absolute Gasteiger partial charge is 0.289 e. The van der Waals surface area contributed by atoms with Crippen LogP contribution < -0.4 is 15.0 Å². The van der Waals surface area contributed by atoms with Gasteiger partial charge < -0.3 is 15.0 Å². The van der Waals surface area contributed by atoms with Crippen molar-refractivity contribution >= 4 is 40.4 Å². The molecule has 8 nitrogen and oxygen atoms in total. The van der Waals surface area contributed by atoms with Crippen LogP contribution in [0.4, 0.5) is 10.5 Å². The Bertz CT molecular complexity index is 860. The lowest BCUT2D eigenvalue weighted by Gasteiger charge is -2.37. The Balaban J connectivity index is 1.43. The van der Waals surface area contributed by atoms with Crippen LogP contribution >= 0.6 is 11.8 Å². The number of imide groups is 1. The maximum absolute atomic E-state index is 13.0. The summed E-state index contributed by atoms with van der Waals surface area (Å²) in [6.07, 6.45) is 3.41. The molecule has 1 saturated carbocycles. The van der Waals surface area contributed by atoms with E-state index in [1.165, 1.54) is 4.90 Å². The molecule has 1 aromatic rings. The molecule has 1 aliphatic carbocycles. The molecule has 9 heteroatoms. The summed E-state index contributed by atoms with van der Waals surface area (Å²) in [4.78, 5) is 52.8. The van der Waals surface area contributed by atoms with Crippen molar-refractivity contribution in [3.05, 3.63) is 24.3 Å². The van der Waals surface area contributed by atoms with Crippen LogP contribution in [0.25, 0.3) is 0 Å². The van der Waals surface area contributed by atoms with Crippen molar-refractivity contribution in [2.24, 2.45) is 5.92 Å². The summed E-state index contributed by atoms with van der Waals surface area (Å²) < 4.78 is 5.22. The number of rotatable bonds is 5. The van der Waals surface area contributed by atoms with Gasteiger partial charge in [0.1, 0.15) is 5.75 Å². The summed E-state index contributed by atoms with van der Waals surface area (Å²) in [7, 11) is 1.57. The van der Waals surface area contributed by atoms with Crippen LogP contribution in [0, 0.1) is 5.92 Å². The van der Waals surface area contributed by atoms with Crippen LogP contribution in [0.3, 0.4) is 0 Å². The van der Waals surface area contributed by atoms with Crippen molar-refractivity contribution in [2.75, 3.05) is 24.3 Å². The topological polar surface area (TPSA) is 96.0 Å². The minimum atomic E-state index is -0.467. The molecule has 3 aliphatic rings. The lowest BCUT2D eigenvalue weighted by Crippen LogP contribution is -2.55. The number of nitrogens with one attached hydrogen (secondary N) is 1. The lowest BCUT2D eigenvalue weighted by molar-refractivity contribution is -0.130. The summed E-state index contributed by atoms with van der Waals surface area (Å²) in [6.45, 7) is 0.298. The standard InChI is InChI=1S/C21H25N3O5S/c1-29-15-6-4-5-14(10-15)23-11-13(9-18(23)25)20(27)22-16-7-2-3-8-17(16)24-19(26)12-30-21(24)28/h4-6,10,13,16-17H,2-3,7-9,11-12H2,1H3,(H,22,27). The van der Waals surface area contributed by atoms with Gasteiger partial charge in [-0.05, 0) is 25.0 Å². The minimum absolute atomic E-state index is 0.107. The van der Waals surface area contributed by atoms with Crippen LogP contribution in [0.2, 0.25) is 0 Å². The third kappa shape index (κ3) is 4.03. The average Bonchev–Trinajstić information content (AvgIpc) is 3.30. The molecule has 0 radical (unpaired) electrons. The predicted octanol–water partition coefficient (Wildman–Crippen LogP) is 2.17. The first kappa shape index (κ1) is 20.7. The Kier molecular flexibility index (Phi) is 5.99. The maximum Gasteiger partial charge on any atom is 0.289 e. The molecular formula is C21H25N3O5S. The fourth-order valence-electron chi connectivity index (χ4n) is 4.49. The molecule has 30 heavy (non-hydrogen) atoms. The van der Waals surface area contributed by atoms with Crippen LogP contribution in [0.5, 0.6) is 5.75 Å². The third-order valence-corrected chi connectivity index (χ3v) is 6.87. The summed E-state index contributed by atoms with van der Waals surface area (Å²) in [6, 6.07) is 6.64. The molecule has 2 saturated heterocycles. The van der Waals surface area contributed by atoms with Crippen LogP contribution in [0.1, 0.15) is 32.1 Å². The SMILES string of the molecule is COc1cccc(N2CC(C(=O)NC3CCCCC3N3C(=O)CSC3=O)CC2=O)c1. The number of thioether (sulfide) groups is 1. The molecule has 0 bridgehead atoms. The summed E-state index contributed by atoms with van der Waals surface area (Å²) in [5, 5.41) is 2.82. The van der Waals surface area contributed by atoms with E-state index in [4.69, 9.17) is 4.74 Å². The van der Waals surface area contributed by atoms with E-state index in [2.05, 4.69) is 5.32 Å². The normalized spacial score (nSPS) is 27.0. The molecule has 2 aliphatic heterocycles. The van der Waals surface area contributed by atoms with Crippen molar-refractivity contribution < 1.29 is 23.9 Å². The largest absolute Gasteiger partial charge is 0.497 e. The molecule has 4 amide bonds. The second-order valence-corrected chi connectivity index (χ2v) is 8.82. The highest BCUT2D eigenvalue weighted by molar-refractivity contribution is 8.14. The number of anilines is 1. The number of nitrogens with zero attached hydrogens (tertiary/aromatic N) is 2. The summed E-state index contributed by atoms with van der Waals surface area (Å²) >= 11 is 1.02. The monoisotopic (exact) mass is 431 g/mol. The maximum atomic E-state index is 13.0. The summed E-state index contributed by atoms with van der Waals surface area (Å²) in [5.41, 5.74) is 0.704. The van der Waals surface area contributed by atoms with Crippen molar-refractivity contribution in [3.63, 3.8) is 0 Å². The van der Waals surface area contributed by atoms with Gasteiger partial charge in [0.15, 0.2) is 0 Å². The van der Waals surface area contributed by atoms with Gasteiger partial charge in [0.05, 0.1) is 24.8 Å². The molecule has 1 aromatic carbocycles. The number of carbonyl (C=O) groups excluding carboxylic acids is 4. The van der Waals surface area contributed by atoms with E-state index in [9.17, 15) is 19.2 Å². The van der Waals surface area contributed by atoms with E-state index in [0.29, 0.717) is 24.4 Å². The van der Waals surface area contributed by atoms with Gasteiger partial charge in [-0.15, -0.1) is 0 Å².